The molecule has 0 saturated carbocycles. The van der Waals surface area contributed by atoms with Crippen molar-refractivity contribution in [2.24, 2.45) is 0 Å². The minimum absolute atomic E-state index is 0.318. The lowest BCUT2D eigenvalue weighted by Crippen LogP contribution is -2.17. The van der Waals surface area contributed by atoms with Crippen molar-refractivity contribution < 1.29 is 9.53 Å². The second kappa shape index (κ2) is 7.31. The minimum Gasteiger partial charge on any atom is -0.462 e. The van der Waals surface area contributed by atoms with E-state index in [9.17, 15) is 4.79 Å². The Balaban J connectivity index is 0.000000224. The van der Waals surface area contributed by atoms with Gasteiger partial charge in [-0.3, -0.25) is 9.78 Å². The molecule has 0 amide bonds. The SMILES string of the molecule is CC(C)(C)OC=O.c1ccc(-c2ccccn2)cc1. The summed E-state index contributed by atoms with van der Waals surface area (Å²) in [5, 5.41) is 0. The van der Waals surface area contributed by atoms with E-state index < -0.39 is 0 Å². The van der Waals surface area contributed by atoms with Crippen LogP contribution in [-0.2, 0) is 9.53 Å². The van der Waals surface area contributed by atoms with Gasteiger partial charge in [0.05, 0.1) is 5.69 Å². The monoisotopic (exact) mass is 257 g/mol. The van der Waals surface area contributed by atoms with Crippen molar-refractivity contribution in [2.75, 3.05) is 0 Å². The van der Waals surface area contributed by atoms with E-state index in [4.69, 9.17) is 0 Å². The normalized spacial score (nSPS) is 10.1. The Bertz CT molecular complexity index is 438. The number of pyridine rings is 1. The molecule has 1 aromatic heterocycles. The summed E-state index contributed by atoms with van der Waals surface area (Å²) in [6, 6.07) is 16.1. The van der Waals surface area contributed by atoms with Gasteiger partial charge >= 0.3 is 0 Å². The number of nitrogens with zero attached hydrogens (tertiary/aromatic N) is 1. The average Bonchev–Trinajstić information content (AvgIpc) is 2.40. The fraction of sp³-hybridized carbons (Fsp3) is 0.250. The predicted octanol–water partition coefficient (Wildman–Crippen LogP) is 3.71. The molecule has 1 aromatic carbocycles. The van der Waals surface area contributed by atoms with Crippen molar-refractivity contribution in [2.45, 2.75) is 26.4 Å². The first-order valence-electron chi connectivity index (χ1n) is 6.11. The first kappa shape index (κ1) is 14.9. The first-order valence-corrected chi connectivity index (χ1v) is 6.11. The molecule has 3 nitrogen and oxygen atoms in total. The maximum atomic E-state index is 9.60. The highest BCUT2D eigenvalue weighted by Gasteiger charge is 2.07. The Morgan fingerprint density at radius 2 is 1.63 bits per heavy atom. The molecule has 1 heterocycles. The van der Waals surface area contributed by atoms with E-state index in [1.807, 2.05) is 63.4 Å². The fourth-order valence-electron chi connectivity index (χ4n) is 1.29. The quantitative estimate of drug-likeness (QED) is 0.770. The van der Waals surface area contributed by atoms with Crippen LogP contribution in [0.15, 0.2) is 54.7 Å². The minimum atomic E-state index is -0.318. The summed E-state index contributed by atoms with van der Waals surface area (Å²) in [5.41, 5.74) is 1.87. The largest absolute Gasteiger partial charge is 0.462 e. The predicted molar refractivity (Wildman–Crippen MR) is 76.6 cm³/mol. The van der Waals surface area contributed by atoms with Gasteiger partial charge in [-0.25, -0.2) is 0 Å². The lowest BCUT2D eigenvalue weighted by atomic mass is 10.1. The third kappa shape index (κ3) is 6.36. The molecule has 100 valence electrons. The summed E-state index contributed by atoms with van der Waals surface area (Å²) < 4.78 is 4.55. The van der Waals surface area contributed by atoms with E-state index in [1.165, 1.54) is 0 Å². The van der Waals surface area contributed by atoms with E-state index in [0.29, 0.717) is 6.47 Å². The lowest BCUT2D eigenvalue weighted by molar-refractivity contribution is -0.138. The van der Waals surface area contributed by atoms with Gasteiger partial charge in [-0.1, -0.05) is 36.4 Å². The number of rotatable bonds is 2. The molecule has 0 aliphatic heterocycles. The Hall–Kier alpha value is -2.16. The highest BCUT2D eigenvalue weighted by atomic mass is 16.5. The highest BCUT2D eigenvalue weighted by Crippen LogP contribution is 2.14. The lowest BCUT2D eigenvalue weighted by Gasteiger charge is -2.14. The second-order valence-electron chi connectivity index (χ2n) is 4.91. The topological polar surface area (TPSA) is 39.2 Å². The summed E-state index contributed by atoms with van der Waals surface area (Å²) in [6.45, 7) is 5.92. The van der Waals surface area contributed by atoms with E-state index in [-0.39, 0.29) is 5.60 Å². The van der Waals surface area contributed by atoms with E-state index >= 15 is 0 Å². The molecule has 19 heavy (non-hydrogen) atoms. The van der Waals surface area contributed by atoms with Crippen LogP contribution in [0, 0.1) is 0 Å². The number of hydrogen-bond acceptors (Lipinski definition) is 3. The van der Waals surface area contributed by atoms with E-state index in [0.717, 1.165) is 11.3 Å². The molecule has 0 N–H and O–H groups in total. The third-order valence-electron chi connectivity index (χ3n) is 2.14. The Morgan fingerprint density at radius 3 is 2.05 bits per heavy atom. The van der Waals surface area contributed by atoms with Crippen molar-refractivity contribution in [3.05, 3.63) is 54.7 Å². The van der Waals surface area contributed by atoms with Crippen molar-refractivity contribution in [1.82, 2.24) is 4.98 Å². The molecular weight excluding hydrogens is 238 g/mol. The van der Waals surface area contributed by atoms with Crippen LogP contribution in [0.5, 0.6) is 0 Å². The van der Waals surface area contributed by atoms with Crippen molar-refractivity contribution in [1.29, 1.82) is 0 Å². The molecular formula is C16H19NO2. The Kier molecular flexibility index (Phi) is 5.73. The molecule has 0 atom stereocenters. The highest BCUT2D eigenvalue weighted by molar-refractivity contribution is 5.58. The zero-order chi connectivity index (χ0) is 14.1. The number of carbonyl (C=O) groups is 1. The van der Waals surface area contributed by atoms with Gasteiger partial charge in [0, 0.05) is 11.8 Å². The van der Waals surface area contributed by atoms with Gasteiger partial charge in [0.2, 0.25) is 0 Å². The Morgan fingerprint density at radius 1 is 1.00 bits per heavy atom. The van der Waals surface area contributed by atoms with Gasteiger partial charge < -0.3 is 4.74 Å². The van der Waals surface area contributed by atoms with Gasteiger partial charge in [-0.15, -0.1) is 0 Å². The summed E-state index contributed by atoms with van der Waals surface area (Å²) in [7, 11) is 0. The van der Waals surface area contributed by atoms with E-state index in [1.54, 1.807) is 0 Å². The first-order chi connectivity index (χ1) is 9.03. The van der Waals surface area contributed by atoms with E-state index in [2.05, 4.69) is 21.9 Å². The molecule has 3 heteroatoms. The van der Waals surface area contributed by atoms with Crippen LogP contribution in [0.3, 0.4) is 0 Å². The molecule has 0 aliphatic rings. The summed E-state index contributed by atoms with van der Waals surface area (Å²) in [4.78, 5) is 13.8. The molecule has 0 spiro atoms. The molecule has 0 bridgehead atoms. The van der Waals surface area contributed by atoms with Gasteiger partial charge in [0.25, 0.3) is 6.47 Å². The number of carbonyl (C=O) groups excluding carboxylic acids is 1. The summed E-state index contributed by atoms with van der Waals surface area (Å²) in [6.07, 6.45) is 1.81. The molecule has 0 unspecified atom stereocenters. The van der Waals surface area contributed by atoms with Gasteiger partial charge in [0.1, 0.15) is 5.60 Å². The zero-order valence-corrected chi connectivity index (χ0v) is 11.5. The standard InChI is InChI=1S/C11H9N.C5H10O2/c1-2-6-10(7-3-1)11-8-4-5-9-12-11;1-5(2,3)7-4-6/h1-9H;4H,1-3H3. The summed E-state index contributed by atoms with van der Waals surface area (Å²) in [5.74, 6) is 0. The van der Waals surface area contributed by atoms with Crippen LogP contribution in [-0.4, -0.2) is 17.1 Å². The van der Waals surface area contributed by atoms with Crippen LogP contribution < -0.4 is 0 Å². The molecule has 0 fully saturated rings. The molecule has 0 radical (unpaired) electrons. The molecule has 0 saturated heterocycles. The van der Waals surface area contributed by atoms with Gasteiger partial charge in [-0.2, -0.15) is 0 Å². The van der Waals surface area contributed by atoms with Crippen LogP contribution >= 0.6 is 0 Å². The average molecular weight is 257 g/mol. The molecule has 2 rings (SSSR count). The fourth-order valence-corrected chi connectivity index (χ4v) is 1.29. The third-order valence-corrected chi connectivity index (χ3v) is 2.14. The maximum Gasteiger partial charge on any atom is 0.293 e. The molecule has 2 aromatic rings. The van der Waals surface area contributed by atoms with Crippen LogP contribution in [0.4, 0.5) is 0 Å². The second-order valence-corrected chi connectivity index (χ2v) is 4.91. The number of hydrogen-bond donors (Lipinski definition) is 0. The van der Waals surface area contributed by atoms with Crippen LogP contribution in [0.25, 0.3) is 11.3 Å². The maximum absolute atomic E-state index is 9.60. The summed E-state index contributed by atoms with van der Waals surface area (Å²) >= 11 is 0. The van der Waals surface area contributed by atoms with Crippen molar-refractivity contribution >= 4 is 6.47 Å². The van der Waals surface area contributed by atoms with Crippen molar-refractivity contribution in [3.8, 4) is 11.3 Å². The molecule has 0 aliphatic carbocycles. The number of ether oxygens (including phenoxy) is 1. The van der Waals surface area contributed by atoms with Gasteiger partial charge in [-0.05, 0) is 32.9 Å². The van der Waals surface area contributed by atoms with Crippen molar-refractivity contribution in [3.63, 3.8) is 0 Å². The Labute approximate surface area is 114 Å². The van der Waals surface area contributed by atoms with Gasteiger partial charge in [0.15, 0.2) is 0 Å². The zero-order valence-electron chi connectivity index (χ0n) is 11.5. The van der Waals surface area contributed by atoms with Crippen LogP contribution in [0.2, 0.25) is 0 Å². The van der Waals surface area contributed by atoms with Crippen LogP contribution in [0.1, 0.15) is 20.8 Å². The number of benzene rings is 1. The smallest absolute Gasteiger partial charge is 0.293 e. The number of aromatic nitrogens is 1.